The predicted molar refractivity (Wildman–Crippen MR) is 64.2 cm³/mol. The van der Waals surface area contributed by atoms with Crippen molar-refractivity contribution in [2.75, 3.05) is 18.5 Å². The molecule has 3 amide bonds. The molecule has 1 rings (SSSR count). The number of nitrogens with two attached hydrogens (primary N) is 1. The lowest BCUT2D eigenvalue weighted by atomic mass is 10.3. The van der Waals surface area contributed by atoms with Crippen molar-refractivity contribution in [1.29, 1.82) is 0 Å². The average molecular weight is 239 g/mol. The minimum Gasteiger partial charge on any atom is -0.399 e. The highest BCUT2D eigenvalue weighted by molar-refractivity contribution is 8.00. The van der Waals surface area contributed by atoms with Gasteiger partial charge in [0, 0.05) is 17.6 Å². The van der Waals surface area contributed by atoms with Gasteiger partial charge in [-0.05, 0) is 24.3 Å². The van der Waals surface area contributed by atoms with E-state index in [0.717, 1.165) is 4.90 Å². The Bertz CT molecular complexity index is 378. The lowest BCUT2D eigenvalue weighted by molar-refractivity contribution is -0.117. The van der Waals surface area contributed by atoms with Crippen molar-refractivity contribution in [2.45, 2.75) is 4.90 Å². The lowest BCUT2D eigenvalue weighted by Crippen LogP contribution is -2.38. The maximum Gasteiger partial charge on any atom is 0.321 e. The topological polar surface area (TPSA) is 84.2 Å². The Hall–Kier alpha value is -1.69. The fourth-order valence-electron chi connectivity index (χ4n) is 0.938. The van der Waals surface area contributed by atoms with Gasteiger partial charge in [-0.1, -0.05) is 0 Å². The van der Waals surface area contributed by atoms with Crippen molar-refractivity contribution in [3.05, 3.63) is 24.3 Å². The first-order valence-electron chi connectivity index (χ1n) is 4.61. The van der Waals surface area contributed by atoms with Gasteiger partial charge in [0.1, 0.15) is 0 Å². The monoisotopic (exact) mass is 239 g/mol. The second kappa shape index (κ2) is 6.02. The predicted octanol–water partition coefficient (Wildman–Crippen LogP) is 0.817. The molecular formula is C10H13N3O2S. The first-order chi connectivity index (χ1) is 7.61. The third-order valence-corrected chi connectivity index (χ3v) is 2.74. The summed E-state index contributed by atoms with van der Waals surface area (Å²) in [6.07, 6.45) is 0. The molecule has 0 radical (unpaired) electrons. The second-order valence-corrected chi connectivity index (χ2v) is 4.03. The number of carbonyl (C=O) groups is 2. The van der Waals surface area contributed by atoms with Gasteiger partial charge in [-0.15, -0.1) is 11.8 Å². The average Bonchev–Trinajstić information content (AvgIpc) is 2.28. The molecule has 0 saturated carbocycles. The van der Waals surface area contributed by atoms with Gasteiger partial charge in [0.2, 0.25) is 5.91 Å². The van der Waals surface area contributed by atoms with Crippen molar-refractivity contribution in [3.63, 3.8) is 0 Å². The van der Waals surface area contributed by atoms with E-state index in [-0.39, 0.29) is 11.7 Å². The SMILES string of the molecule is CNC(=O)NC(=O)CSc1ccc(N)cc1. The van der Waals surface area contributed by atoms with Crippen molar-refractivity contribution >= 4 is 29.4 Å². The zero-order valence-electron chi connectivity index (χ0n) is 8.82. The van der Waals surface area contributed by atoms with Crippen molar-refractivity contribution in [1.82, 2.24) is 10.6 Å². The molecular weight excluding hydrogens is 226 g/mol. The van der Waals surface area contributed by atoms with E-state index < -0.39 is 6.03 Å². The summed E-state index contributed by atoms with van der Waals surface area (Å²) in [6.45, 7) is 0. The molecule has 0 atom stereocenters. The van der Waals surface area contributed by atoms with Crippen molar-refractivity contribution in [3.8, 4) is 0 Å². The highest BCUT2D eigenvalue weighted by Gasteiger charge is 2.05. The summed E-state index contributed by atoms with van der Waals surface area (Å²) >= 11 is 1.34. The van der Waals surface area contributed by atoms with Gasteiger partial charge in [0.15, 0.2) is 0 Å². The third kappa shape index (κ3) is 4.22. The molecule has 0 aliphatic heterocycles. The minimum atomic E-state index is -0.497. The molecule has 1 aromatic carbocycles. The maximum absolute atomic E-state index is 11.2. The van der Waals surface area contributed by atoms with Crippen LogP contribution >= 0.6 is 11.8 Å². The molecule has 0 bridgehead atoms. The number of carbonyl (C=O) groups excluding carboxylic acids is 2. The van der Waals surface area contributed by atoms with Crippen LogP contribution in [0.2, 0.25) is 0 Å². The Labute approximate surface area is 97.8 Å². The molecule has 0 aromatic heterocycles. The molecule has 86 valence electrons. The Morgan fingerprint density at radius 3 is 2.50 bits per heavy atom. The number of imide groups is 1. The first-order valence-corrected chi connectivity index (χ1v) is 5.60. The maximum atomic E-state index is 11.2. The van der Waals surface area contributed by atoms with Crippen LogP contribution in [0.4, 0.5) is 10.5 Å². The largest absolute Gasteiger partial charge is 0.399 e. The van der Waals surface area contributed by atoms with E-state index in [4.69, 9.17) is 5.73 Å². The third-order valence-electron chi connectivity index (χ3n) is 1.73. The van der Waals surface area contributed by atoms with Crippen LogP contribution in [0.5, 0.6) is 0 Å². The number of benzene rings is 1. The first kappa shape index (κ1) is 12.4. The van der Waals surface area contributed by atoms with Crippen LogP contribution in [0.25, 0.3) is 0 Å². The van der Waals surface area contributed by atoms with E-state index in [0.29, 0.717) is 5.69 Å². The van der Waals surface area contributed by atoms with Crippen LogP contribution in [0.3, 0.4) is 0 Å². The van der Waals surface area contributed by atoms with Gasteiger partial charge in [-0.25, -0.2) is 4.79 Å². The van der Waals surface area contributed by atoms with Crippen LogP contribution < -0.4 is 16.4 Å². The Morgan fingerprint density at radius 1 is 1.31 bits per heavy atom. The van der Waals surface area contributed by atoms with Gasteiger partial charge in [0.25, 0.3) is 0 Å². The number of nitrogens with one attached hydrogen (secondary N) is 2. The number of amides is 3. The Kier molecular flexibility index (Phi) is 4.65. The minimum absolute atomic E-state index is 0.192. The van der Waals surface area contributed by atoms with E-state index in [1.165, 1.54) is 18.8 Å². The summed E-state index contributed by atoms with van der Waals surface area (Å²) in [5.74, 6) is -0.140. The van der Waals surface area contributed by atoms with Crippen molar-refractivity contribution in [2.24, 2.45) is 0 Å². The van der Waals surface area contributed by atoms with Gasteiger partial charge in [-0.3, -0.25) is 10.1 Å². The molecule has 0 aliphatic rings. The molecule has 6 heteroatoms. The van der Waals surface area contributed by atoms with Gasteiger partial charge >= 0.3 is 6.03 Å². The molecule has 0 spiro atoms. The van der Waals surface area contributed by atoms with E-state index in [2.05, 4.69) is 10.6 Å². The van der Waals surface area contributed by atoms with E-state index in [1.807, 2.05) is 12.1 Å². The summed E-state index contributed by atoms with van der Waals surface area (Å²) in [5.41, 5.74) is 6.20. The molecule has 0 saturated heterocycles. The molecule has 0 aliphatic carbocycles. The number of hydrogen-bond donors (Lipinski definition) is 3. The van der Waals surface area contributed by atoms with Gasteiger partial charge < -0.3 is 11.1 Å². The summed E-state index contributed by atoms with van der Waals surface area (Å²) in [6, 6.07) is 6.68. The second-order valence-electron chi connectivity index (χ2n) is 2.99. The van der Waals surface area contributed by atoms with Crippen LogP contribution in [0, 0.1) is 0 Å². The number of hydrogen-bond acceptors (Lipinski definition) is 4. The summed E-state index contributed by atoms with van der Waals surface area (Å²) in [4.78, 5) is 23.0. The zero-order valence-corrected chi connectivity index (χ0v) is 9.64. The highest BCUT2D eigenvalue weighted by atomic mass is 32.2. The summed E-state index contributed by atoms with van der Waals surface area (Å²) in [7, 11) is 1.45. The number of urea groups is 1. The molecule has 0 unspecified atom stereocenters. The standard InChI is InChI=1S/C10H13N3O2S/c1-12-10(15)13-9(14)6-16-8-4-2-7(11)3-5-8/h2-5H,6,11H2,1H3,(H2,12,13,14,15). The number of anilines is 1. The fourth-order valence-corrected chi connectivity index (χ4v) is 1.64. The Morgan fingerprint density at radius 2 is 1.94 bits per heavy atom. The molecule has 5 nitrogen and oxygen atoms in total. The number of rotatable bonds is 3. The molecule has 0 fully saturated rings. The summed E-state index contributed by atoms with van der Waals surface area (Å²) < 4.78 is 0. The van der Waals surface area contributed by atoms with E-state index in [9.17, 15) is 9.59 Å². The normalized spacial score (nSPS) is 9.56. The lowest BCUT2D eigenvalue weighted by Gasteiger charge is -2.03. The molecule has 0 heterocycles. The van der Waals surface area contributed by atoms with Gasteiger partial charge in [0.05, 0.1) is 5.75 Å². The summed E-state index contributed by atoms with van der Waals surface area (Å²) in [5, 5.41) is 4.48. The van der Waals surface area contributed by atoms with Gasteiger partial charge in [-0.2, -0.15) is 0 Å². The van der Waals surface area contributed by atoms with Crippen molar-refractivity contribution < 1.29 is 9.59 Å². The number of nitrogen functional groups attached to an aromatic ring is 1. The quantitative estimate of drug-likeness (QED) is 0.538. The molecule has 1 aromatic rings. The highest BCUT2D eigenvalue weighted by Crippen LogP contribution is 2.18. The molecule has 4 N–H and O–H groups in total. The van der Waals surface area contributed by atoms with Crippen LogP contribution in [0.15, 0.2) is 29.2 Å². The smallest absolute Gasteiger partial charge is 0.321 e. The molecule has 16 heavy (non-hydrogen) atoms. The van der Waals surface area contributed by atoms with E-state index in [1.54, 1.807) is 12.1 Å². The zero-order chi connectivity index (χ0) is 12.0. The van der Waals surface area contributed by atoms with Crippen LogP contribution in [0.1, 0.15) is 0 Å². The Balaban J connectivity index is 2.37. The number of thioether (sulfide) groups is 1. The van der Waals surface area contributed by atoms with Crippen LogP contribution in [-0.4, -0.2) is 24.7 Å². The van der Waals surface area contributed by atoms with E-state index >= 15 is 0 Å². The fraction of sp³-hybridized carbons (Fsp3) is 0.200. The van der Waals surface area contributed by atoms with Crippen LogP contribution in [-0.2, 0) is 4.79 Å².